The SMILES string of the molecule is Cc1cc(CCC23CC(CN2C(=O)OC(C)(C)C)C3)on1. The van der Waals surface area contributed by atoms with Gasteiger partial charge in [-0.15, -0.1) is 0 Å². The Morgan fingerprint density at radius 1 is 1.52 bits per heavy atom. The summed E-state index contributed by atoms with van der Waals surface area (Å²) in [4.78, 5) is 14.3. The van der Waals surface area contributed by atoms with Gasteiger partial charge in [-0.2, -0.15) is 0 Å². The van der Waals surface area contributed by atoms with Crippen molar-refractivity contribution in [2.75, 3.05) is 6.54 Å². The summed E-state index contributed by atoms with van der Waals surface area (Å²) in [5, 5.41) is 3.92. The maximum absolute atomic E-state index is 12.4. The third kappa shape index (κ3) is 2.78. The topological polar surface area (TPSA) is 55.6 Å². The first-order valence-corrected chi connectivity index (χ1v) is 7.70. The molecular weight excluding hydrogens is 268 g/mol. The lowest BCUT2D eigenvalue weighted by molar-refractivity contribution is 0.00474. The van der Waals surface area contributed by atoms with E-state index in [9.17, 15) is 4.79 Å². The van der Waals surface area contributed by atoms with Crippen LogP contribution in [0.3, 0.4) is 0 Å². The highest BCUT2D eigenvalue weighted by molar-refractivity contribution is 5.70. The van der Waals surface area contributed by atoms with E-state index < -0.39 is 5.60 Å². The van der Waals surface area contributed by atoms with Crippen LogP contribution in [0.4, 0.5) is 4.79 Å². The second-order valence-corrected chi connectivity index (χ2v) is 7.52. The van der Waals surface area contributed by atoms with Gasteiger partial charge in [0.05, 0.1) is 5.69 Å². The number of carbonyl (C=O) groups is 1. The van der Waals surface area contributed by atoms with Gasteiger partial charge in [0, 0.05) is 24.6 Å². The van der Waals surface area contributed by atoms with Gasteiger partial charge in [0.25, 0.3) is 0 Å². The molecule has 2 aliphatic heterocycles. The molecule has 1 aliphatic carbocycles. The summed E-state index contributed by atoms with van der Waals surface area (Å²) in [6.45, 7) is 8.50. The first-order chi connectivity index (χ1) is 9.77. The van der Waals surface area contributed by atoms with Crippen molar-refractivity contribution in [3.8, 4) is 0 Å². The molecular formula is C16H24N2O3. The molecule has 0 aromatic carbocycles. The summed E-state index contributed by atoms with van der Waals surface area (Å²) in [5.74, 6) is 1.55. The summed E-state index contributed by atoms with van der Waals surface area (Å²) in [5.41, 5.74) is 0.450. The second-order valence-electron chi connectivity index (χ2n) is 7.52. The van der Waals surface area contributed by atoms with Crippen molar-refractivity contribution in [1.82, 2.24) is 10.1 Å². The first kappa shape index (κ1) is 14.4. The van der Waals surface area contributed by atoms with Crippen LogP contribution < -0.4 is 0 Å². The Morgan fingerprint density at radius 3 is 2.81 bits per heavy atom. The molecule has 4 rings (SSSR count). The van der Waals surface area contributed by atoms with Crippen molar-refractivity contribution in [3.63, 3.8) is 0 Å². The molecule has 5 nitrogen and oxygen atoms in total. The minimum atomic E-state index is -0.437. The van der Waals surface area contributed by atoms with Gasteiger partial charge in [0.2, 0.25) is 0 Å². The van der Waals surface area contributed by atoms with Crippen LogP contribution in [0.5, 0.6) is 0 Å². The van der Waals surface area contributed by atoms with Crippen LogP contribution in [0.2, 0.25) is 0 Å². The van der Waals surface area contributed by atoms with E-state index in [-0.39, 0.29) is 11.6 Å². The second kappa shape index (κ2) is 4.75. The minimum Gasteiger partial charge on any atom is -0.444 e. The van der Waals surface area contributed by atoms with Crippen LogP contribution >= 0.6 is 0 Å². The number of amides is 1. The summed E-state index contributed by atoms with van der Waals surface area (Å²) < 4.78 is 10.8. The van der Waals surface area contributed by atoms with Crippen molar-refractivity contribution in [2.45, 2.75) is 64.5 Å². The number of hydrogen-bond acceptors (Lipinski definition) is 4. The maximum atomic E-state index is 12.4. The van der Waals surface area contributed by atoms with Gasteiger partial charge >= 0.3 is 6.09 Å². The standard InChI is InChI=1S/C16H24N2O3/c1-11-7-13(21-17-11)5-6-16-8-12(9-16)10-18(16)14(19)20-15(2,3)4/h7,12H,5-6,8-10H2,1-4H3. The zero-order valence-corrected chi connectivity index (χ0v) is 13.3. The monoisotopic (exact) mass is 292 g/mol. The quantitative estimate of drug-likeness (QED) is 0.857. The van der Waals surface area contributed by atoms with Crippen LogP contribution in [0, 0.1) is 12.8 Å². The van der Waals surface area contributed by atoms with E-state index in [0.29, 0.717) is 5.92 Å². The highest BCUT2D eigenvalue weighted by atomic mass is 16.6. The number of fused-ring (bicyclic) bond motifs is 1. The van der Waals surface area contributed by atoms with E-state index in [0.717, 1.165) is 43.7 Å². The van der Waals surface area contributed by atoms with Crippen molar-refractivity contribution in [3.05, 3.63) is 17.5 Å². The van der Waals surface area contributed by atoms with Gasteiger partial charge in [0.1, 0.15) is 11.4 Å². The fourth-order valence-electron chi connectivity index (χ4n) is 3.63. The number of nitrogens with zero attached hydrogens (tertiary/aromatic N) is 2. The summed E-state index contributed by atoms with van der Waals surface area (Å²) in [6, 6.07) is 1.97. The number of ether oxygens (including phenoxy) is 1. The smallest absolute Gasteiger partial charge is 0.410 e. The van der Waals surface area contributed by atoms with E-state index in [4.69, 9.17) is 9.26 Å². The van der Waals surface area contributed by atoms with Crippen molar-refractivity contribution in [2.24, 2.45) is 5.92 Å². The molecule has 0 radical (unpaired) electrons. The molecule has 0 spiro atoms. The molecule has 1 aromatic rings. The lowest BCUT2D eigenvalue weighted by atomic mass is 9.70. The fraction of sp³-hybridized carbons (Fsp3) is 0.750. The number of hydrogen-bond donors (Lipinski definition) is 0. The first-order valence-electron chi connectivity index (χ1n) is 7.70. The Bertz CT molecular complexity index is 538. The zero-order valence-electron chi connectivity index (χ0n) is 13.3. The molecule has 116 valence electrons. The molecule has 1 saturated carbocycles. The van der Waals surface area contributed by atoms with E-state index in [2.05, 4.69) is 5.16 Å². The molecule has 0 unspecified atom stereocenters. The molecule has 0 N–H and O–H groups in total. The normalized spacial score (nSPS) is 27.6. The molecule has 3 fully saturated rings. The molecule has 2 saturated heterocycles. The van der Waals surface area contributed by atoms with E-state index in [1.807, 2.05) is 38.7 Å². The van der Waals surface area contributed by atoms with Crippen LogP contribution in [0.15, 0.2) is 10.6 Å². The van der Waals surface area contributed by atoms with Crippen molar-refractivity contribution in [1.29, 1.82) is 0 Å². The summed E-state index contributed by atoms with van der Waals surface area (Å²) in [7, 11) is 0. The molecule has 5 heteroatoms. The Morgan fingerprint density at radius 2 is 2.24 bits per heavy atom. The Kier molecular flexibility index (Phi) is 3.26. The maximum Gasteiger partial charge on any atom is 0.410 e. The summed E-state index contributed by atoms with van der Waals surface area (Å²) >= 11 is 0. The van der Waals surface area contributed by atoms with E-state index in [1.54, 1.807) is 0 Å². The zero-order chi connectivity index (χ0) is 15.3. The number of rotatable bonds is 3. The van der Waals surface area contributed by atoms with Crippen LogP contribution in [0.25, 0.3) is 0 Å². The van der Waals surface area contributed by atoms with Crippen molar-refractivity contribution < 1.29 is 14.1 Å². The molecule has 2 bridgehead atoms. The minimum absolute atomic E-state index is 0.0201. The third-order valence-corrected chi connectivity index (χ3v) is 4.48. The molecule has 21 heavy (non-hydrogen) atoms. The number of aryl methyl sites for hydroxylation is 2. The van der Waals surface area contributed by atoms with Gasteiger partial charge in [-0.1, -0.05) is 5.16 Å². The average molecular weight is 292 g/mol. The highest BCUT2D eigenvalue weighted by Crippen LogP contribution is 2.53. The number of carbonyl (C=O) groups excluding carboxylic acids is 1. The lowest BCUT2D eigenvalue weighted by Gasteiger charge is -2.42. The highest BCUT2D eigenvalue weighted by Gasteiger charge is 2.58. The predicted molar refractivity (Wildman–Crippen MR) is 78.0 cm³/mol. The lowest BCUT2D eigenvalue weighted by Crippen LogP contribution is -2.50. The third-order valence-electron chi connectivity index (χ3n) is 4.48. The molecule has 3 aliphatic rings. The van der Waals surface area contributed by atoms with Crippen LogP contribution in [-0.2, 0) is 11.2 Å². The molecule has 3 heterocycles. The Balaban J connectivity index is 1.64. The summed E-state index contributed by atoms with van der Waals surface area (Å²) in [6.07, 6.45) is 3.78. The molecule has 1 aromatic heterocycles. The van der Waals surface area contributed by atoms with Crippen LogP contribution in [-0.4, -0.2) is 33.8 Å². The van der Waals surface area contributed by atoms with Gasteiger partial charge < -0.3 is 14.2 Å². The average Bonchev–Trinajstić information content (AvgIpc) is 2.95. The van der Waals surface area contributed by atoms with Crippen molar-refractivity contribution >= 4 is 6.09 Å². The van der Waals surface area contributed by atoms with Gasteiger partial charge in [-0.05, 0) is 52.9 Å². The molecule has 1 amide bonds. The Hall–Kier alpha value is -1.52. The Labute approximate surface area is 125 Å². The predicted octanol–water partition coefficient (Wildman–Crippen LogP) is 3.32. The molecule has 0 atom stereocenters. The van der Waals surface area contributed by atoms with Crippen LogP contribution in [0.1, 0.15) is 51.5 Å². The van der Waals surface area contributed by atoms with E-state index in [1.165, 1.54) is 0 Å². The number of aromatic nitrogens is 1. The van der Waals surface area contributed by atoms with Gasteiger partial charge in [0.15, 0.2) is 0 Å². The largest absolute Gasteiger partial charge is 0.444 e. The van der Waals surface area contributed by atoms with Gasteiger partial charge in [-0.25, -0.2) is 4.79 Å². The van der Waals surface area contributed by atoms with Gasteiger partial charge in [-0.3, -0.25) is 0 Å². The fourth-order valence-corrected chi connectivity index (χ4v) is 3.63. The van der Waals surface area contributed by atoms with E-state index >= 15 is 0 Å².